The zero-order valence-electron chi connectivity index (χ0n) is 10.0. The Labute approximate surface area is 84.4 Å². The Morgan fingerprint density at radius 1 is 1.00 bits per heavy atom. The Bertz CT molecular complexity index is 135. The van der Waals surface area contributed by atoms with Crippen molar-refractivity contribution in [2.24, 2.45) is 17.8 Å². The molecule has 3 atom stereocenters. The highest BCUT2D eigenvalue weighted by atomic mass is 14.1. The van der Waals surface area contributed by atoms with Crippen LogP contribution in [0, 0.1) is 17.8 Å². The predicted octanol–water partition coefficient (Wildman–Crippen LogP) is 4.66. The molecule has 0 N–H and O–H groups in total. The van der Waals surface area contributed by atoms with Crippen LogP contribution in [0.4, 0.5) is 0 Å². The van der Waals surface area contributed by atoms with Crippen LogP contribution in [0.3, 0.4) is 0 Å². The summed E-state index contributed by atoms with van der Waals surface area (Å²) in [6.45, 7) is 11.5. The third-order valence-electron chi connectivity index (χ3n) is 3.22. The highest BCUT2D eigenvalue weighted by molar-refractivity contribution is 4.89. The van der Waals surface area contributed by atoms with Crippen LogP contribution in [-0.4, -0.2) is 0 Å². The molecule has 0 fully saturated rings. The van der Waals surface area contributed by atoms with Gasteiger partial charge >= 0.3 is 0 Å². The number of hydrogen-bond acceptors (Lipinski definition) is 0. The Morgan fingerprint density at radius 2 is 1.62 bits per heavy atom. The molecule has 0 rings (SSSR count). The minimum atomic E-state index is 0.744. The number of allylic oxidation sites excluding steroid dienone is 2. The molecule has 0 bridgehead atoms. The van der Waals surface area contributed by atoms with E-state index in [0.717, 1.165) is 17.8 Å². The first-order valence-corrected chi connectivity index (χ1v) is 5.78. The van der Waals surface area contributed by atoms with Crippen molar-refractivity contribution in [3.8, 4) is 0 Å². The van der Waals surface area contributed by atoms with Gasteiger partial charge in [0.2, 0.25) is 0 Å². The summed E-state index contributed by atoms with van der Waals surface area (Å²) in [5.41, 5.74) is 0. The minimum Gasteiger partial charge on any atom is -0.0880 e. The molecule has 0 heterocycles. The second-order valence-corrected chi connectivity index (χ2v) is 4.42. The first-order valence-electron chi connectivity index (χ1n) is 5.78. The zero-order chi connectivity index (χ0) is 10.3. The first-order chi connectivity index (χ1) is 6.11. The Hall–Kier alpha value is -0.260. The second-order valence-electron chi connectivity index (χ2n) is 4.42. The third kappa shape index (κ3) is 5.90. The molecule has 0 saturated carbocycles. The fourth-order valence-corrected chi connectivity index (χ4v) is 1.25. The molecule has 0 aromatic carbocycles. The van der Waals surface area contributed by atoms with Gasteiger partial charge in [0.25, 0.3) is 0 Å². The van der Waals surface area contributed by atoms with Crippen molar-refractivity contribution in [3.63, 3.8) is 0 Å². The quantitative estimate of drug-likeness (QED) is 0.524. The smallest absolute Gasteiger partial charge is 0.0236 e. The summed E-state index contributed by atoms with van der Waals surface area (Å²) < 4.78 is 0. The number of rotatable bonds is 6. The predicted molar refractivity (Wildman–Crippen MR) is 61.8 cm³/mol. The molecule has 0 aliphatic rings. The normalized spacial score (nSPS) is 18.8. The molecule has 3 unspecified atom stereocenters. The van der Waals surface area contributed by atoms with Crippen LogP contribution in [0.15, 0.2) is 12.2 Å². The van der Waals surface area contributed by atoms with Gasteiger partial charge in [0.05, 0.1) is 0 Å². The van der Waals surface area contributed by atoms with Crippen LogP contribution in [0.5, 0.6) is 0 Å². The van der Waals surface area contributed by atoms with Gasteiger partial charge in [0.1, 0.15) is 0 Å². The van der Waals surface area contributed by atoms with Crippen LogP contribution < -0.4 is 0 Å². The molecule has 78 valence electrons. The lowest BCUT2D eigenvalue weighted by molar-refractivity contribution is 0.444. The lowest BCUT2D eigenvalue weighted by atomic mass is 9.92. The van der Waals surface area contributed by atoms with Crippen molar-refractivity contribution in [1.82, 2.24) is 0 Å². The average Bonchev–Trinajstić information content (AvgIpc) is 2.15. The van der Waals surface area contributed by atoms with Crippen LogP contribution >= 0.6 is 0 Å². The summed E-state index contributed by atoms with van der Waals surface area (Å²) in [5, 5.41) is 0. The van der Waals surface area contributed by atoms with E-state index in [4.69, 9.17) is 0 Å². The van der Waals surface area contributed by atoms with Gasteiger partial charge in [-0.15, -0.1) is 0 Å². The van der Waals surface area contributed by atoms with Gasteiger partial charge in [-0.25, -0.2) is 0 Å². The first kappa shape index (κ1) is 12.7. The van der Waals surface area contributed by atoms with Crippen LogP contribution in [0.2, 0.25) is 0 Å². The highest BCUT2D eigenvalue weighted by Gasteiger charge is 2.05. The van der Waals surface area contributed by atoms with E-state index in [2.05, 4.69) is 46.8 Å². The van der Waals surface area contributed by atoms with Crippen LogP contribution in [-0.2, 0) is 0 Å². The van der Waals surface area contributed by atoms with E-state index < -0.39 is 0 Å². The molecule has 0 heteroatoms. The van der Waals surface area contributed by atoms with Crippen molar-refractivity contribution in [2.75, 3.05) is 0 Å². The molecule has 0 aliphatic heterocycles. The van der Waals surface area contributed by atoms with Crippen molar-refractivity contribution >= 4 is 0 Å². The van der Waals surface area contributed by atoms with E-state index in [1.807, 2.05) is 0 Å². The van der Waals surface area contributed by atoms with Gasteiger partial charge in [0.15, 0.2) is 0 Å². The minimum absolute atomic E-state index is 0.744. The SMILES string of the molecule is CCC(C)CC=CC(C)C(C)CC. The van der Waals surface area contributed by atoms with Gasteiger partial charge in [-0.1, -0.05) is 59.6 Å². The van der Waals surface area contributed by atoms with Crippen LogP contribution in [0.1, 0.15) is 53.9 Å². The van der Waals surface area contributed by atoms with E-state index in [-0.39, 0.29) is 0 Å². The molecule has 0 spiro atoms. The Morgan fingerprint density at radius 3 is 2.08 bits per heavy atom. The summed E-state index contributed by atoms with van der Waals surface area (Å²) in [4.78, 5) is 0. The molecule has 0 aromatic heterocycles. The fraction of sp³-hybridized carbons (Fsp3) is 0.846. The monoisotopic (exact) mass is 182 g/mol. The number of hydrogen-bond donors (Lipinski definition) is 0. The highest BCUT2D eigenvalue weighted by Crippen LogP contribution is 2.16. The van der Waals surface area contributed by atoms with E-state index >= 15 is 0 Å². The lowest BCUT2D eigenvalue weighted by Crippen LogP contribution is -2.03. The maximum atomic E-state index is 2.39. The third-order valence-corrected chi connectivity index (χ3v) is 3.22. The lowest BCUT2D eigenvalue weighted by Gasteiger charge is -2.13. The van der Waals surface area contributed by atoms with Gasteiger partial charge in [-0.05, 0) is 24.2 Å². The topological polar surface area (TPSA) is 0 Å². The van der Waals surface area contributed by atoms with Crippen molar-refractivity contribution in [1.29, 1.82) is 0 Å². The summed E-state index contributed by atoms with van der Waals surface area (Å²) >= 11 is 0. The van der Waals surface area contributed by atoms with Gasteiger partial charge in [0, 0.05) is 0 Å². The van der Waals surface area contributed by atoms with E-state index in [9.17, 15) is 0 Å². The van der Waals surface area contributed by atoms with Crippen molar-refractivity contribution < 1.29 is 0 Å². The van der Waals surface area contributed by atoms with E-state index in [1.54, 1.807) is 0 Å². The maximum absolute atomic E-state index is 2.39. The average molecular weight is 182 g/mol. The summed E-state index contributed by atoms with van der Waals surface area (Å²) in [6.07, 6.45) is 8.58. The molecule has 0 amide bonds. The molecular weight excluding hydrogens is 156 g/mol. The largest absolute Gasteiger partial charge is 0.0880 e. The van der Waals surface area contributed by atoms with E-state index in [0.29, 0.717) is 0 Å². The molecule has 0 radical (unpaired) electrons. The summed E-state index contributed by atoms with van der Waals surface area (Å²) in [6, 6.07) is 0. The molecule has 0 aliphatic carbocycles. The maximum Gasteiger partial charge on any atom is -0.0236 e. The van der Waals surface area contributed by atoms with E-state index in [1.165, 1.54) is 19.3 Å². The van der Waals surface area contributed by atoms with Crippen molar-refractivity contribution in [3.05, 3.63) is 12.2 Å². The van der Waals surface area contributed by atoms with Gasteiger partial charge in [-0.2, -0.15) is 0 Å². The van der Waals surface area contributed by atoms with Gasteiger partial charge < -0.3 is 0 Å². The second kappa shape index (κ2) is 7.17. The van der Waals surface area contributed by atoms with Crippen molar-refractivity contribution in [2.45, 2.75) is 53.9 Å². The molecule has 0 saturated heterocycles. The van der Waals surface area contributed by atoms with Gasteiger partial charge in [-0.3, -0.25) is 0 Å². The Balaban J connectivity index is 3.70. The standard InChI is InChI=1S/C13H26/c1-6-11(3)9-8-10-13(5)12(4)7-2/h8,10-13H,6-7,9H2,1-5H3. The zero-order valence-corrected chi connectivity index (χ0v) is 10.0. The molecular formula is C13H26. The summed E-state index contributed by atoms with van der Waals surface area (Å²) in [5.74, 6) is 2.42. The molecule has 13 heavy (non-hydrogen) atoms. The van der Waals surface area contributed by atoms with Crippen LogP contribution in [0.25, 0.3) is 0 Å². The molecule has 0 nitrogen and oxygen atoms in total. The Kier molecular flexibility index (Phi) is 7.03. The summed E-state index contributed by atoms with van der Waals surface area (Å²) in [7, 11) is 0. The molecule has 0 aromatic rings. The fourth-order valence-electron chi connectivity index (χ4n) is 1.25.